The van der Waals surface area contributed by atoms with Gasteiger partial charge in [-0.1, -0.05) is 48.6 Å². The second kappa shape index (κ2) is 5.72. The molecule has 0 amide bonds. The van der Waals surface area contributed by atoms with Gasteiger partial charge in [-0.05, 0) is 13.8 Å². The zero-order chi connectivity index (χ0) is 8.69. The summed E-state index contributed by atoms with van der Waals surface area (Å²) >= 11 is 0. The minimum absolute atomic E-state index is 1.07. The van der Waals surface area contributed by atoms with Crippen molar-refractivity contribution in [2.45, 2.75) is 13.8 Å². The van der Waals surface area contributed by atoms with Crippen LogP contribution in [0.2, 0.25) is 0 Å². The molecule has 0 saturated carbocycles. The lowest BCUT2D eigenvalue weighted by molar-refractivity contribution is 1.34. The summed E-state index contributed by atoms with van der Waals surface area (Å²) < 4.78 is 0. The topological polar surface area (TPSA) is 0 Å². The Labute approximate surface area is 69.6 Å². The molecule has 0 nitrogen and oxygen atoms in total. The molecule has 1 radical (unpaired) electrons. The minimum atomic E-state index is 1.07. The molecule has 0 aliphatic heterocycles. The molecule has 0 aromatic heterocycles. The van der Waals surface area contributed by atoms with Gasteiger partial charge in [0.2, 0.25) is 0 Å². The standard InChI is InChI=1S/C11H15/c1-5-6-7-8-11(4)9-10(2)3/h5-9H,1-2H2,3-4H3/b7-6-,11-8-. The van der Waals surface area contributed by atoms with E-state index in [1.54, 1.807) is 6.08 Å². The van der Waals surface area contributed by atoms with Crippen molar-refractivity contribution in [2.75, 3.05) is 0 Å². The number of rotatable bonds is 4. The van der Waals surface area contributed by atoms with Gasteiger partial charge in [-0.15, -0.1) is 0 Å². The van der Waals surface area contributed by atoms with Crippen molar-refractivity contribution in [3.8, 4) is 0 Å². The van der Waals surface area contributed by atoms with Gasteiger partial charge in [0.15, 0.2) is 0 Å². The quantitative estimate of drug-likeness (QED) is 0.534. The highest BCUT2D eigenvalue weighted by Gasteiger charge is 1.87. The Morgan fingerprint density at radius 1 is 1.18 bits per heavy atom. The van der Waals surface area contributed by atoms with Crippen LogP contribution in [0.4, 0.5) is 0 Å². The molecule has 0 aromatic rings. The SMILES string of the molecule is C=C/C=C\C=C(\C)[CH]C(=C)C. The van der Waals surface area contributed by atoms with E-state index in [1.807, 2.05) is 38.5 Å². The zero-order valence-corrected chi connectivity index (χ0v) is 7.30. The molecule has 0 N–H and O–H groups in total. The molecule has 0 saturated heterocycles. The van der Waals surface area contributed by atoms with Gasteiger partial charge in [0.05, 0.1) is 0 Å². The van der Waals surface area contributed by atoms with Crippen LogP contribution < -0.4 is 0 Å². The van der Waals surface area contributed by atoms with Crippen LogP contribution >= 0.6 is 0 Å². The van der Waals surface area contributed by atoms with Gasteiger partial charge >= 0.3 is 0 Å². The second-order valence-corrected chi connectivity index (χ2v) is 2.52. The first kappa shape index (κ1) is 9.96. The van der Waals surface area contributed by atoms with Gasteiger partial charge in [0, 0.05) is 6.42 Å². The first-order valence-electron chi connectivity index (χ1n) is 3.63. The van der Waals surface area contributed by atoms with Gasteiger partial charge in [0.1, 0.15) is 0 Å². The van der Waals surface area contributed by atoms with E-state index in [2.05, 4.69) is 13.2 Å². The van der Waals surface area contributed by atoms with Gasteiger partial charge < -0.3 is 0 Å². The molecule has 0 aromatic carbocycles. The lowest BCUT2D eigenvalue weighted by Gasteiger charge is -1.95. The Kier molecular flexibility index (Phi) is 5.18. The van der Waals surface area contributed by atoms with E-state index >= 15 is 0 Å². The largest absolute Gasteiger partial charge is 0.0995 e. The van der Waals surface area contributed by atoms with Crippen molar-refractivity contribution < 1.29 is 0 Å². The fourth-order valence-electron chi connectivity index (χ4n) is 0.723. The van der Waals surface area contributed by atoms with Crippen LogP contribution in [-0.4, -0.2) is 0 Å². The zero-order valence-electron chi connectivity index (χ0n) is 7.30. The molecule has 0 aliphatic rings. The molecule has 0 fully saturated rings. The molecule has 0 atom stereocenters. The van der Waals surface area contributed by atoms with E-state index in [1.165, 1.54) is 5.57 Å². The molecule has 0 heterocycles. The predicted molar refractivity (Wildman–Crippen MR) is 52.2 cm³/mol. The maximum Gasteiger partial charge on any atom is 0.0105 e. The fraction of sp³-hybridized carbons (Fsp3) is 0.182. The average Bonchev–Trinajstić information content (AvgIpc) is 1.86. The van der Waals surface area contributed by atoms with Crippen molar-refractivity contribution in [3.63, 3.8) is 0 Å². The van der Waals surface area contributed by atoms with Gasteiger partial charge in [-0.25, -0.2) is 0 Å². The molecule has 0 rings (SSSR count). The summed E-state index contributed by atoms with van der Waals surface area (Å²) in [6.45, 7) is 11.4. The first-order chi connectivity index (χ1) is 5.16. The third-order valence-corrected chi connectivity index (χ3v) is 1.08. The van der Waals surface area contributed by atoms with E-state index < -0.39 is 0 Å². The summed E-state index contributed by atoms with van der Waals surface area (Å²) in [7, 11) is 0. The Morgan fingerprint density at radius 3 is 2.27 bits per heavy atom. The lowest BCUT2D eigenvalue weighted by Crippen LogP contribution is -1.77. The summed E-state index contributed by atoms with van der Waals surface area (Å²) in [5.41, 5.74) is 2.28. The normalized spacial score (nSPS) is 12.0. The molecular weight excluding hydrogens is 132 g/mol. The van der Waals surface area contributed by atoms with Gasteiger partial charge in [-0.2, -0.15) is 0 Å². The van der Waals surface area contributed by atoms with E-state index in [4.69, 9.17) is 0 Å². The fourth-order valence-corrected chi connectivity index (χ4v) is 0.723. The van der Waals surface area contributed by atoms with E-state index in [0.717, 1.165) is 5.57 Å². The Hall–Kier alpha value is -1.04. The Morgan fingerprint density at radius 2 is 1.82 bits per heavy atom. The molecule has 11 heavy (non-hydrogen) atoms. The predicted octanol–water partition coefficient (Wildman–Crippen LogP) is 3.46. The molecule has 0 heteroatoms. The summed E-state index contributed by atoms with van der Waals surface area (Å²) in [5, 5.41) is 0. The number of allylic oxidation sites excluding steroid dienone is 6. The van der Waals surface area contributed by atoms with Gasteiger partial charge in [0.25, 0.3) is 0 Å². The average molecular weight is 147 g/mol. The Bertz CT molecular complexity index is 192. The van der Waals surface area contributed by atoms with Crippen LogP contribution in [0.25, 0.3) is 0 Å². The summed E-state index contributed by atoms with van der Waals surface area (Å²) in [4.78, 5) is 0. The van der Waals surface area contributed by atoms with E-state index in [0.29, 0.717) is 0 Å². The van der Waals surface area contributed by atoms with Crippen LogP contribution in [0.15, 0.2) is 48.6 Å². The van der Waals surface area contributed by atoms with Crippen molar-refractivity contribution in [1.82, 2.24) is 0 Å². The lowest BCUT2D eigenvalue weighted by atomic mass is 10.1. The third kappa shape index (κ3) is 6.85. The van der Waals surface area contributed by atoms with Crippen LogP contribution in [0.5, 0.6) is 0 Å². The highest BCUT2D eigenvalue weighted by atomic mass is 13.9. The highest BCUT2D eigenvalue weighted by Crippen LogP contribution is 2.05. The molecule has 0 spiro atoms. The van der Waals surface area contributed by atoms with Gasteiger partial charge in [-0.3, -0.25) is 0 Å². The molecule has 0 aliphatic carbocycles. The number of hydrogen-bond donors (Lipinski definition) is 0. The van der Waals surface area contributed by atoms with Crippen molar-refractivity contribution in [3.05, 3.63) is 55.0 Å². The number of hydrogen-bond acceptors (Lipinski definition) is 0. The second-order valence-electron chi connectivity index (χ2n) is 2.52. The van der Waals surface area contributed by atoms with Crippen LogP contribution in [0.1, 0.15) is 13.8 Å². The first-order valence-corrected chi connectivity index (χ1v) is 3.63. The van der Waals surface area contributed by atoms with E-state index in [9.17, 15) is 0 Å². The smallest absolute Gasteiger partial charge is 0.0105 e. The Balaban J connectivity index is 3.90. The maximum absolute atomic E-state index is 3.78. The van der Waals surface area contributed by atoms with E-state index in [-0.39, 0.29) is 0 Å². The minimum Gasteiger partial charge on any atom is -0.0995 e. The molecule has 0 bridgehead atoms. The van der Waals surface area contributed by atoms with Crippen LogP contribution in [0.3, 0.4) is 0 Å². The summed E-state index contributed by atoms with van der Waals surface area (Å²) in [5.74, 6) is 0. The molecular formula is C11H15. The molecule has 59 valence electrons. The summed E-state index contributed by atoms with van der Waals surface area (Å²) in [6.07, 6.45) is 9.67. The monoisotopic (exact) mass is 147 g/mol. The van der Waals surface area contributed by atoms with Crippen molar-refractivity contribution in [1.29, 1.82) is 0 Å². The van der Waals surface area contributed by atoms with Crippen LogP contribution in [-0.2, 0) is 0 Å². The summed E-state index contributed by atoms with van der Waals surface area (Å²) in [6, 6.07) is 0. The van der Waals surface area contributed by atoms with Crippen LogP contribution in [0, 0.1) is 6.42 Å². The third-order valence-electron chi connectivity index (χ3n) is 1.08. The maximum atomic E-state index is 3.78. The highest BCUT2D eigenvalue weighted by molar-refractivity contribution is 5.28. The molecule has 0 unspecified atom stereocenters. The van der Waals surface area contributed by atoms with Crippen molar-refractivity contribution >= 4 is 0 Å². The van der Waals surface area contributed by atoms with Crippen molar-refractivity contribution in [2.24, 2.45) is 0 Å².